The maximum atomic E-state index is 13.0. The number of nitrogens with zero attached hydrogens (tertiary/aromatic N) is 4. The van der Waals surface area contributed by atoms with Crippen LogP contribution in [0, 0.1) is 5.82 Å². The molecule has 3 aromatic rings. The first-order valence-corrected chi connectivity index (χ1v) is 7.84. The van der Waals surface area contributed by atoms with Crippen molar-refractivity contribution in [2.24, 2.45) is 0 Å². The molecular formula is C16H14BrFN4O2. The lowest BCUT2D eigenvalue weighted by molar-refractivity contribution is 0.393. The largest absolute Gasteiger partial charge is 0.496 e. The normalized spacial score (nSPS) is 10.7. The van der Waals surface area contributed by atoms with E-state index in [9.17, 15) is 4.39 Å². The highest BCUT2D eigenvalue weighted by Gasteiger charge is 2.12. The van der Waals surface area contributed by atoms with Gasteiger partial charge in [-0.3, -0.25) is 0 Å². The molecule has 0 aliphatic heterocycles. The number of methoxy groups -OCH3 is 2. The summed E-state index contributed by atoms with van der Waals surface area (Å²) in [6.07, 6.45) is 0. The van der Waals surface area contributed by atoms with Gasteiger partial charge in [-0.1, -0.05) is 0 Å². The van der Waals surface area contributed by atoms with Crippen LogP contribution in [0.3, 0.4) is 0 Å². The van der Waals surface area contributed by atoms with E-state index in [1.54, 1.807) is 26.4 Å². The van der Waals surface area contributed by atoms with Gasteiger partial charge in [0.05, 0.1) is 25.2 Å². The molecule has 0 spiro atoms. The Morgan fingerprint density at radius 3 is 2.46 bits per heavy atom. The van der Waals surface area contributed by atoms with Crippen LogP contribution in [0.1, 0.15) is 5.56 Å². The Bertz CT molecular complexity index is 852. The molecule has 0 atom stereocenters. The predicted octanol–water partition coefficient (Wildman–Crippen LogP) is 3.31. The van der Waals surface area contributed by atoms with Crippen LogP contribution in [-0.2, 0) is 6.54 Å². The smallest absolute Gasteiger partial charge is 0.204 e. The first-order valence-electron chi connectivity index (χ1n) is 7.05. The van der Waals surface area contributed by atoms with Crippen molar-refractivity contribution in [3.63, 3.8) is 0 Å². The number of hydrogen-bond acceptors (Lipinski definition) is 5. The Morgan fingerprint density at radius 1 is 1.08 bits per heavy atom. The molecule has 0 aliphatic carbocycles. The van der Waals surface area contributed by atoms with Gasteiger partial charge in [0.2, 0.25) is 5.82 Å². The van der Waals surface area contributed by atoms with Crippen LogP contribution in [0.2, 0.25) is 0 Å². The standard InChI is InChI=1S/C16H14BrFN4O2/c1-23-14-8-13(17)15(24-2)7-11(14)9-22-20-16(19-21-22)10-3-5-12(18)6-4-10/h3-8H,9H2,1-2H3. The van der Waals surface area contributed by atoms with E-state index in [4.69, 9.17) is 9.47 Å². The highest BCUT2D eigenvalue weighted by atomic mass is 79.9. The van der Waals surface area contributed by atoms with E-state index in [0.717, 1.165) is 10.0 Å². The summed E-state index contributed by atoms with van der Waals surface area (Å²) in [7, 11) is 3.19. The van der Waals surface area contributed by atoms with E-state index in [-0.39, 0.29) is 5.82 Å². The molecule has 0 bridgehead atoms. The quantitative estimate of drug-likeness (QED) is 0.666. The van der Waals surface area contributed by atoms with E-state index in [2.05, 4.69) is 31.3 Å². The summed E-state index contributed by atoms with van der Waals surface area (Å²) in [6.45, 7) is 0.362. The molecule has 24 heavy (non-hydrogen) atoms. The van der Waals surface area contributed by atoms with E-state index in [1.807, 2.05) is 12.1 Å². The molecule has 0 N–H and O–H groups in total. The van der Waals surface area contributed by atoms with Gasteiger partial charge < -0.3 is 9.47 Å². The minimum absolute atomic E-state index is 0.308. The lowest BCUT2D eigenvalue weighted by Gasteiger charge is -2.11. The molecule has 0 aliphatic rings. The molecule has 124 valence electrons. The van der Waals surface area contributed by atoms with Crippen molar-refractivity contribution < 1.29 is 13.9 Å². The average molecular weight is 393 g/mol. The van der Waals surface area contributed by atoms with Crippen LogP contribution in [0.4, 0.5) is 4.39 Å². The molecule has 0 saturated heterocycles. The molecular weight excluding hydrogens is 379 g/mol. The van der Waals surface area contributed by atoms with Crippen LogP contribution in [0.25, 0.3) is 11.4 Å². The predicted molar refractivity (Wildman–Crippen MR) is 89.6 cm³/mol. The second-order valence-corrected chi connectivity index (χ2v) is 5.80. The zero-order valence-electron chi connectivity index (χ0n) is 13.0. The van der Waals surface area contributed by atoms with Gasteiger partial charge in [0.1, 0.15) is 17.3 Å². The van der Waals surface area contributed by atoms with Gasteiger partial charge in [0.15, 0.2) is 0 Å². The highest BCUT2D eigenvalue weighted by Crippen LogP contribution is 2.33. The molecule has 0 unspecified atom stereocenters. The fourth-order valence-corrected chi connectivity index (χ4v) is 2.71. The number of aromatic nitrogens is 4. The average Bonchev–Trinajstić information content (AvgIpc) is 3.05. The maximum Gasteiger partial charge on any atom is 0.204 e. The van der Waals surface area contributed by atoms with Crippen molar-refractivity contribution in [2.45, 2.75) is 6.54 Å². The maximum absolute atomic E-state index is 13.0. The third-order valence-corrected chi connectivity index (χ3v) is 4.04. The summed E-state index contributed by atoms with van der Waals surface area (Å²) in [5.74, 6) is 1.49. The minimum atomic E-state index is -0.308. The molecule has 0 saturated carbocycles. The Labute approximate surface area is 146 Å². The Hall–Kier alpha value is -2.48. The third kappa shape index (κ3) is 3.38. The van der Waals surface area contributed by atoms with Crippen LogP contribution in [0.5, 0.6) is 11.5 Å². The number of benzene rings is 2. The first kappa shape index (κ1) is 16.4. The molecule has 0 radical (unpaired) electrons. The van der Waals surface area contributed by atoms with Crippen molar-refractivity contribution in [2.75, 3.05) is 14.2 Å². The second kappa shape index (κ2) is 6.96. The summed E-state index contributed by atoms with van der Waals surface area (Å²) in [5, 5.41) is 12.4. The molecule has 1 heterocycles. The van der Waals surface area contributed by atoms with Gasteiger partial charge in [-0.2, -0.15) is 4.80 Å². The Balaban J connectivity index is 1.88. The number of hydrogen-bond donors (Lipinski definition) is 0. The minimum Gasteiger partial charge on any atom is -0.496 e. The van der Waals surface area contributed by atoms with Gasteiger partial charge in [-0.15, -0.1) is 10.2 Å². The van der Waals surface area contributed by atoms with Crippen molar-refractivity contribution in [3.05, 3.63) is 52.3 Å². The van der Waals surface area contributed by atoms with Crippen molar-refractivity contribution in [3.8, 4) is 22.9 Å². The molecule has 2 aromatic carbocycles. The summed E-state index contributed by atoms with van der Waals surface area (Å²) in [6, 6.07) is 9.62. The van der Waals surface area contributed by atoms with E-state index >= 15 is 0 Å². The monoisotopic (exact) mass is 392 g/mol. The molecule has 0 amide bonds. The van der Waals surface area contributed by atoms with E-state index in [0.29, 0.717) is 29.4 Å². The van der Waals surface area contributed by atoms with Gasteiger partial charge in [0, 0.05) is 11.1 Å². The van der Waals surface area contributed by atoms with Gasteiger partial charge in [-0.25, -0.2) is 4.39 Å². The summed E-state index contributed by atoms with van der Waals surface area (Å²) in [4.78, 5) is 1.45. The zero-order valence-corrected chi connectivity index (χ0v) is 14.6. The fourth-order valence-electron chi connectivity index (χ4n) is 2.22. The first-order chi connectivity index (χ1) is 11.6. The molecule has 1 aromatic heterocycles. The van der Waals surface area contributed by atoms with Gasteiger partial charge in [-0.05, 0) is 57.5 Å². The van der Waals surface area contributed by atoms with Gasteiger partial charge in [0.25, 0.3) is 0 Å². The number of rotatable bonds is 5. The lowest BCUT2D eigenvalue weighted by atomic mass is 10.2. The number of tetrazole rings is 1. The summed E-state index contributed by atoms with van der Waals surface area (Å²) in [5.41, 5.74) is 1.55. The summed E-state index contributed by atoms with van der Waals surface area (Å²) < 4.78 is 24.5. The fraction of sp³-hybridized carbons (Fsp3) is 0.188. The van der Waals surface area contributed by atoms with E-state index < -0.39 is 0 Å². The second-order valence-electron chi connectivity index (χ2n) is 4.95. The Kier molecular flexibility index (Phi) is 4.75. The number of ether oxygens (including phenoxy) is 2. The van der Waals surface area contributed by atoms with Crippen LogP contribution in [0.15, 0.2) is 40.9 Å². The third-order valence-electron chi connectivity index (χ3n) is 3.42. The number of halogens is 2. The molecule has 3 rings (SSSR count). The van der Waals surface area contributed by atoms with Crippen molar-refractivity contribution in [1.29, 1.82) is 0 Å². The SMILES string of the molecule is COc1cc(Cn2nnc(-c3ccc(F)cc3)n2)c(OC)cc1Br. The highest BCUT2D eigenvalue weighted by molar-refractivity contribution is 9.10. The molecule has 0 fully saturated rings. The topological polar surface area (TPSA) is 62.1 Å². The van der Waals surface area contributed by atoms with E-state index in [1.165, 1.54) is 16.9 Å². The van der Waals surface area contributed by atoms with Gasteiger partial charge >= 0.3 is 0 Å². The Morgan fingerprint density at radius 2 is 1.79 bits per heavy atom. The summed E-state index contributed by atoms with van der Waals surface area (Å²) >= 11 is 3.42. The molecule has 6 nitrogen and oxygen atoms in total. The van der Waals surface area contributed by atoms with Crippen molar-refractivity contribution in [1.82, 2.24) is 20.2 Å². The van der Waals surface area contributed by atoms with Crippen LogP contribution >= 0.6 is 15.9 Å². The lowest BCUT2D eigenvalue weighted by Crippen LogP contribution is -2.06. The van der Waals surface area contributed by atoms with Crippen LogP contribution in [-0.4, -0.2) is 34.4 Å². The zero-order chi connectivity index (χ0) is 17.1. The van der Waals surface area contributed by atoms with Crippen molar-refractivity contribution >= 4 is 15.9 Å². The molecule has 8 heteroatoms. The van der Waals surface area contributed by atoms with Crippen LogP contribution < -0.4 is 9.47 Å².